The fraction of sp³-hybridized carbons (Fsp3) is 0. The maximum Gasteiger partial charge on any atom is 0.227 e. The second kappa shape index (κ2) is 6.31. The first-order valence-corrected chi connectivity index (χ1v) is 5.94. The molecule has 1 aromatic carbocycles. The molecule has 3 heteroatoms. The predicted molar refractivity (Wildman–Crippen MR) is 80.1 cm³/mol. The normalized spacial score (nSPS) is 10.8. The highest BCUT2D eigenvalue weighted by molar-refractivity contribution is 5.72. The monoisotopic (exact) mass is 249 g/mol. The zero-order valence-electron chi connectivity index (χ0n) is 10.6. The van der Waals surface area contributed by atoms with E-state index < -0.39 is 0 Å². The van der Waals surface area contributed by atoms with E-state index in [4.69, 9.17) is 0 Å². The molecule has 0 aliphatic heterocycles. The predicted octanol–water partition coefficient (Wildman–Crippen LogP) is 3.98. The summed E-state index contributed by atoms with van der Waals surface area (Å²) in [6.07, 6.45) is 7.04. The van der Waals surface area contributed by atoms with Crippen LogP contribution in [0.15, 0.2) is 74.0 Å². The van der Waals surface area contributed by atoms with Crippen LogP contribution in [-0.4, -0.2) is 9.97 Å². The Hall–Kier alpha value is -2.68. The summed E-state index contributed by atoms with van der Waals surface area (Å²) in [6.45, 7) is 7.45. The van der Waals surface area contributed by atoms with Gasteiger partial charge in [0.25, 0.3) is 0 Å². The number of nitrogens with zero attached hydrogens (tertiary/aromatic N) is 2. The number of benzene rings is 1. The highest BCUT2D eigenvalue weighted by Crippen LogP contribution is 2.16. The van der Waals surface area contributed by atoms with Gasteiger partial charge in [-0.25, -0.2) is 9.97 Å². The van der Waals surface area contributed by atoms with Crippen molar-refractivity contribution in [3.8, 4) is 0 Å². The molecule has 0 radical (unpaired) electrons. The largest absolute Gasteiger partial charge is 0.324 e. The van der Waals surface area contributed by atoms with E-state index in [1.165, 1.54) is 0 Å². The van der Waals surface area contributed by atoms with Gasteiger partial charge in [-0.15, -0.1) is 0 Å². The number of para-hydroxylation sites is 1. The Labute approximate surface area is 113 Å². The van der Waals surface area contributed by atoms with E-state index in [2.05, 4.69) is 28.4 Å². The molecule has 1 N–H and O–H groups in total. The molecule has 0 aliphatic carbocycles. The van der Waals surface area contributed by atoms with Gasteiger partial charge in [-0.3, -0.25) is 0 Å². The number of anilines is 2. The molecule has 94 valence electrons. The van der Waals surface area contributed by atoms with Gasteiger partial charge in [0, 0.05) is 11.9 Å². The van der Waals surface area contributed by atoms with Crippen LogP contribution < -0.4 is 5.32 Å². The van der Waals surface area contributed by atoms with Crippen LogP contribution in [0.2, 0.25) is 0 Å². The average molecular weight is 249 g/mol. The lowest BCUT2D eigenvalue weighted by molar-refractivity contribution is 1.14. The maximum atomic E-state index is 4.45. The van der Waals surface area contributed by atoms with Crippen molar-refractivity contribution in [3.05, 3.63) is 79.7 Å². The highest BCUT2D eigenvalue weighted by atomic mass is 15.1. The lowest BCUT2D eigenvalue weighted by atomic mass is 10.1. The van der Waals surface area contributed by atoms with Crippen molar-refractivity contribution >= 4 is 17.2 Å². The lowest BCUT2D eigenvalue weighted by Gasteiger charge is -2.06. The first kappa shape index (κ1) is 12.8. The van der Waals surface area contributed by atoms with E-state index in [9.17, 15) is 0 Å². The van der Waals surface area contributed by atoms with Gasteiger partial charge in [0.2, 0.25) is 5.95 Å². The zero-order valence-corrected chi connectivity index (χ0v) is 10.6. The standard InChI is InChI=1S/C16H15N3/c1-3-8-13(4-2)15-11-12-17-16(19-15)18-14-9-6-5-7-10-14/h3-12H,1-2H2,(H,17,18,19)/b13-8+. The van der Waals surface area contributed by atoms with Gasteiger partial charge < -0.3 is 5.32 Å². The van der Waals surface area contributed by atoms with E-state index in [1.54, 1.807) is 18.3 Å². The van der Waals surface area contributed by atoms with E-state index in [1.807, 2.05) is 42.5 Å². The number of aromatic nitrogens is 2. The van der Waals surface area contributed by atoms with Gasteiger partial charge in [0.05, 0.1) is 5.69 Å². The Morgan fingerprint density at radius 3 is 2.58 bits per heavy atom. The van der Waals surface area contributed by atoms with E-state index in [0.29, 0.717) is 5.95 Å². The van der Waals surface area contributed by atoms with Gasteiger partial charge >= 0.3 is 0 Å². The third kappa shape index (κ3) is 3.39. The van der Waals surface area contributed by atoms with Crippen molar-refractivity contribution in [2.75, 3.05) is 5.32 Å². The molecule has 2 rings (SSSR count). The number of hydrogen-bond acceptors (Lipinski definition) is 3. The molecule has 1 heterocycles. The number of hydrogen-bond donors (Lipinski definition) is 1. The van der Waals surface area contributed by atoms with Crippen LogP contribution in [-0.2, 0) is 0 Å². The topological polar surface area (TPSA) is 37.8 Å². The molecule has 0 aliphatic rings. The van der Waals surface area contributed by atoms with Crippen LogP contribution in [0.5, 0.6) is 0 Å². The van der Waals surface area contributed by atoms with Crippen LogP contribution >= 0.6 is 0 Å². The number of rotatable bonds is 5. The third-order valence-electron chi connectivity index (χ3n) is 2.50. The molecule has 0 saturated carbocycles. The summed E-state index contributed by atoms with van der Waals surface area (Å²) in [7, 11) is 0. The lowest BCUT2D eigenvalue weighted by Crippen LogP contribution is -1.98. The minimum absolute atomic E-state index is 0.556. The summed E-state index contributed by atoms with van der Waals surface area (Å²) in [5.74, 6) is 0.556. The van der Waals surface area contributed by atoms with Crippen molar-refractivity contribution in [2.45, 2.75) is 0 Å². The maximum absolute atomic E-state index is 4.45. The van der Waals surface area contributed by atoms with E-state index >= 15 is 0 Å². The Kier molecular flexibility index (Phi) is 4.24. The second-order valence-corrected chi connectivity index (χ2v) is 3.82. The molecule has 0 atom stereocenters. The van der Waals surface area contributed by atoms with Crippen molar-refractivity contribution in [1.29, 1.82) is 0 Å². The molecular weight excluding hydrogens is 234 g/mol. The van der Waals surface area contributed by atoms with Crippen molar-refractivity contribution in [2.24, 2.45) is 0 Å². The van der Waals surface area contributed by atoms with Crippen LogP contribution in [0.3, 0.4) is 0 Å². The SMILES string of the molecule is C=C/C=C(\C=C)c1ccnc(Nc2ccccc2)n1. The Morgan fingerprint density at radius 2 is 1.89 bits per heavy atom. The van der Waals surface area contributed by atoms with Gasteiger partial charge in [0.1, 0.15) is 0 Å². The van der Waals surface area contributed by atoms with Crippen LogP contribution in [0.4, 0.5) is 11.6 Å². The van der Waals surface area contributed by atoms with Gasteiger partial charge in [-0.05, 0) is 23.8 Å². The Bertz CT molecular complexity index is 600. The zero-order chi connectivity index (χ0) is 13.5. The molecule has 0 unspecified atom stereocenters. The van der Waals surface area contributed by atoms with Gasteiger partial charge in [-0.1, -0.05) is 49.6 Å². The van der Waals surface area contributed by atoms with Crippen molar-refractivity contribution in [3.63, 3.8) is 0 Å². The molecule has 0 spiro atoms. The molecule has 1 aromatic heterocycles. The summed E-state index contributed by atoms with van der Waals surface area (Å²) >= 11 is 0. The molecule has 0 amide bonds. The van der Waals surface area contributed by atoms with E-state index in [0.717, 1.165) is 17.0 Å². The molecule has 19 heavy (non-hydrogen) atoms. The Balaban J connectivity index is 2.27. The first-order valence-electron chi connectivity index (χ1n) is 5.94. The Morgan fingerprint density at radius 1 is 1.11 bits per heavy atom. The van der Waals surface area contributed by atoms with Crippen molar-refractivity contribution < 1.29 is 0 Å². The molecule has 0 fully saturated rings. The van der Waals surface area contributed by atoms with Crippen LogP contribution in [0.25, 0.3) is 5.57 Å². The highest BCUT2D eigenvalue weighted by Gasteiger charge is 2.02. The fourth-order valence-electron chi connectivity index (χ4n) is 1.62. The number of nitrogens with one attached hydrogen (secondary N) is 1. The van der Waals surface area contributed by atoms with E-state index in [-0.39, 0.29) is 0 Å². The minimum Gasteiger partial charge on any atom is -0.324 e. The molecule has 0 bridgehead atoms. The van der Waals surface area contributed by atoms with Gasteiger partial charge in [-0.2, -0.15) is 0 Å². The summed E-state index contributed by atoms with van der Waals surface area (Å²) in [5.41, 5.74) is 2.67. The van der Waals surface area contributed by atoms with Crippen LogP contribution in [0.1, 0.15) is 5.69 Å². The molecule has 0 saturated heterocycles. The summed E-state index contributed by atoms with van der Waals surface area (Å²) in [6, 6.07) is 11.6. The fourth-order valence-corrected chi connectivity index (χ4v) is 1.62. The minimum atomic E-state index is 0.556. The number of allylic oxidation sites excluding steroid dienone is 4. The third-order valence-corrected chi connectivity index (χ3v) is 2.50. The molecular formula is C16H15N3. The average Bonchev–Trinajstić information content (AvgIpc) is 2.46. The molecule has 2 aromatic rings. The summed E-state index contributed by atoms with van der Waals surface area (Å²) < 4.78 is 0. The summed E-state index contributed by atoms with van der Waals surface area (Å²) in [4.78, 5) is 8.65. The second-order valence-electron chi connectivity index (χ2n) is 3.82. The van der Waals surface area contributed by atoms with Gasteiger partial charge in [0.15, 0.2) is 0 Å². The molecule has 3 nitrogen and oxygen atoms in total. The first-order chi connectivity index (χ1) is 9.33. The quantitative estimate of drug-likeness (QED) is 0.814. The summed E-state index contributed by atoms with van der Waals surface area (Å²) in [5, 5.41) is 3.16. The van der Waals surface area contributed by atoms with Crippen molar-refractivity contribution in [1.82, 2.24) is 9.97 Å². The smallest absolute Gasteiger partial charge is 0.227 e. The van der Waals surface area contributed by atoms with Crippen LogP contribution in [0, 0.1) is 0 Å².